The molecular formula is C16H21F3N2O3. The minimum absolute atomic E-state index is 0.310. The van der Waals surface area contributed by atoms with Crippen LogP contribution in [-0.2, 0) is 4.79 Å². The highest BCUT2D eigenvalue weighted by Crippen LogP contribution is 2.33. The van der Waals surface area contributed by atoms with Crippen LogP contribution in [0.25, 0.3) is 0 Å². The summed E-state index contributed by atoms with van der Waals surface area (Å²) < 4.78 is 43.2. The number of carbonyl (C=O) groups is 1. The third-order valence-corrected chi connectivity index (χ3v) is 4.16. The molecule has 1 amide bonds. The molecule has 0 aliphatic carbocycles. The molecule has 2 rings (SSSR count). The van der Waals surface area contributed by atoms with E-state index in [2.05, 4.69) is 0 Å². The molecule has 0 saturated carbocycles. The Morgan fingerprint density at radius 2 is 1.88 bits per heavy atom. The molecule has 1 aliphatic heterocycles. The van der Waals surface area contributed by atoms with Crippen LogP contribution >= 0.6 is 0 Å². The molecule has 1 aromatic rings. The molecule has 1 aliphatic rings. The van der Waals surface area contributed by atoms with Crippen molar-refractivity contribution in [2.75, 3.05) is 38.2 Å². The van der Waals surface area contributed by atoms with Crippen molar-refractivity contribution in [3.63, 3.8) is 0 Å². The van der Waals surface area contributed by atoms with Crippen LogP contribution in [0.4, 0.5) is 18.9 Å². The SMILES string of the molecule is COc1cccc(N2CCN(C(=O)C[C@](C)(O)C(F)(F)F)CC2)c1. The van der Waals surface area contributed by atoms with E-state index in [9.17, 15) is 23.1 Å². The van der Waals surface area contributed by atoms with Crippen LogP contribution in [0.5, 0.6) is 5.75 Å². The van der Waals surface area contributed by atoms with Crippen molar-refractivity contribution in [3.8, 4) is 5.75 Å². The van der Waals surface area contributed by atoms with E-state index in [1.54, 1.807) is 7.11 Å². The number of rotatable bonds is 4. The first kappa shape index (κ1) is 18.4. The van der Waals surface area contributed by atoms with Gasteiger partial charge in [-0.05, 0) is 19.1 Å². The second kappa shape index (κ2) is 6.88. The molecule has 1 atom stereocenters. The molecule has 0 spiro atoms. The number of alkyl halides is 3. The van der Waals surface area contributed by atoms with Gasteiger partial charge in [0, 0.05) is 37.9 Å². The first-order chi connectivity index (χ1) is 11.1. The summed E-state index contributed by atoms with van der Waals surface area (Å²) >= 11 is 0. The minimum atomic E-state index is -4.83. The number of nitrogens with zero attached hydrogens (tertiary/aromatic N) is 2. The summed E-state index contributed by atoms with van der Waals surface area (Å²) in [5.41, 5.74) is -2.07. The number of methoxy groups -OCH3 is 1. The summed E-state index contributed by atoms with van der Waals surface area (Å²) in [6, 6.07) is 7.45. The second-order valence-electron chi connectivity index (χ2n) is 6.02. The molecule has 0 radical (unpaired) electrons. The number of piperazine rings is 1. The third kappa shape index (κ3) is 4.11. The number of hydrogen-bond acceptors (Lipinski definition) is 4. The Hall–Kier alpha value is -1.96. The second-order valence-corrected chi connectivity index (χ2v) is 6.02. The Morgan fingerprint density at radius 3 is 2.42 bits per heavy atom. The molecule has 1 N–H and O–H groups in total. The van der Waals surface area contributed by atoms with Gasteiger partial charge in [-0.25, -0.2) is 0 Å². The highest BCUT2D eigenvalue weighted by molar-refractivity contribution is 5.77. The van der Waals surface area contributed by atoms with Crippen molar-refractivity contribution in [3.05, 3.63) is 24.3 Å². The lowest BCUT2D eigenvalue weighted by molar-refractivity contribution is -0.254. The maximum absolute atomic E-state index is 12.7. The topological polar surface area (TPSA) is 53.0 Å². The van der Waals surface area contributed by atoms with E-state index in [-0.39, 0.29) is 0 Å². The van der Waals surface area contributed by atoms with Gasteiger partial charge in [0.15, 0.2) is 5.60 Å². The molecular weight excluding hydrogens is 325 g/mol. The Morgan fingerprint density at radius 1 is 1.25 bits per heavy atom. The van der Waals surface area contributed by atoms with E-state index in [1.165, 1.54) is 4.90 Å². The zero-order chi connectivity index (χ0) is 18.0. The Bertz CT molecular complexity index is 582. The maximum Gasteiger partial charge on any atom is 0.417 e. The fraction of sp³-hybridized carbons (Fsp3) is 0.562. The average Bonchev–Trinajstić information content (AvgIpc) is 2.53. The van der Waals surface area contributed by atoms with Crippen LogP contribution in [0.1, 0.15) is 13.3 Å². The van der Waals surface area contributed by atoms with Gasteiger partial charge in [0.1, 0.15) is 5.75 Å². The molecule has 134 valence electrons. The zero-order valence-electron chi connectivity index (χ0n) is 13.6. The van der Waals surface area contributed by atoms with Crippen LogP contribution in [0.15, 0.2) is 24.3 Å². The molecule has 1 heterocycles. The normalized spacial score (nSPS) is 18.2. The Kier molecular flexibility index (Phi) is 5.27. The average molecular weight is 346 g/mol. The lowest BCUT2D eigenvalue weighted by Gasteiger charge is -2.37. The number of anilines is 1. The predicted octanol–water partition coefficient (Wildman–Crippen LogP) is 2.05. The molecule has 1 aromatic carbocycles. The quantitative estimate of drug-likeness (QED) is 0.907. The van der Waals surface area contributed by atoms with Gasteiger partial charge in [0.05, 0.1) is 13.5 Å². The lowest BCUT2D eigenvalue weighted by atomic mass is 10.0. The molecule has 8 heteroatoms. The van der Waals surface area contributed by atoms with E-state index in [4.69, 9.17) is 4.74 Å². The molecule has 24 heavy (non-hydrogen) atoms. The van der Waals surface area contributed by atoms with Gasteiger partial charge in [-0.15, -0.1) is 0 Å². The fourth-order valence-electron chi connectivity index (χ4n) is 2.53. The van der Waals surface area contributed by atoms with E-state index in [0.29, 0.717) is 38.9 Å². The summed E-state index contributed by atoms with van der Waals surface area (Å²) in [4.78, 5) is 15.4. The van der Waals surface area contributed by atoms with Gasteiger partial charge >= 0.3 is 6.18 Å². The van der Waals surface area contributed by atoms with Crippen LogP contribution in [0, 0.1) is 0 Å². The Labute approximate surface area is 138 Å². The van der Waals surface area contributed by atoms with Crippen molar-refractivity contribution in [2.45, 2.75) is 25.1 Å². The standard InChI is InChI=1S/C16H21F3N2O3/c1-15(23,16(17,18)19)11-14(22)21-8-6-20(7-9-21)12-4-3-5-13(10-12)24-2/h3-5,10,23H,6-9,11H2,1-2H3/t15-/m0/s1. The van der Waals surface area contributed by atoms with E-state index in [0.717, 1.165) is 5.69 Å². The van der Waals surface area contributed by atoms with E-state index >= 15 is 0 Å². The molecule has 5 nitrogen and oxygen atoms in total. The van der Waals surface area contributed by atoms with E-state index in [1.807, 2.05) is 29.2 Å². The smallest absolute Gasteiger partial charge is 0.417 e. The molecule has 0 unspecified atom stereocenters. The van der Waals surface area contributed by atoms with Crippen LogP contribution < -0.4 is 9.64 Å². The summed E-state index contributed by atoms with van der Waals surface area (Å²) in [6.07, 6.45) is -5.79. The predicted molar refractivity (Wildman–Crippen MR) is 83.1 cm³/mol. The fourth-order valence-corrected chi connectivity index (χ4v) is 2.53. The largest absolute Gasteiger partial charge is 0.497 e. The summed E-state index contributed by atoms with van der Waals surface area (Å²) in [7, 11) is 1.57. The lowest BCUT2D eigenvalue weighted by Crippen LogP contribution is -2.52. The van der Waals surface area contributed by atoms with Gasteiger partial charge in [-0.3, -0.25) is 4.79 Å². The first-order valence-electron chi connectivity index (χ1n) is 7.60. The van der Waals surface area contributed by atoms with Crippen molar-refractivity contribution in [2.24, 2.45) is 0 Å². The minimum Gasteiger partial charge on any atom is -0.497 e. The highest BCUT2D eigenvalue weighted by atomic mass is 19.4. The monoisotopic (exact) mass is 346 g/mol. The third-order valence-electron chi connectivity index (χ3n) is 4.16. The highest BCUT2D eigenvalue weighted by Gasteiger charge is 2.51. The van der Waals surface area contributed by atoms with Crippen LogP contribution in [0.3, 0.4) is 0 Å². The summed E-state index contributed by atoms with van der Waals surface area (Å²) in [5, 5.41) is 9.44. The van der Waals surface area contributed by atoms with Crippen molar-refractivity contribution in [1.29, 1.82) is 0 Å². The number of halogens is 3. The van der Waals surface area contributed by atoms with E-state index < -0.39 is 24.1 Å². The Balaban J connectivity index is 1.93. The number of amides is 1. The maximum atomic E-state index is 12.7. The van der Waals surface area contributed by atoms with Crippen LogP contribution in [0.2, 0.25) is 0 Å². The molecule has 0 aromatic heterocycles. The van der Waals surface area contributed by atoms with Gasteiger partial charge in [-0.1, -0.05) is 6.07 Å². The summed E-state index contributed by atoms with van der Waals surface area (Å²) in [5.74, 6) is 0.0230. The number of ether oxygens (including phenoxy) is 1. The van der Waals surface area contributed by atoms with Gasteiger partial charge in [0.25, 0.3) is 0 Å². The van der Waals surface area contributed by atoms with Gasteiger partial charge < -0.3 is 19.6 Å². The van der Waals surface area contributed by atoms with Gasteiger partial charge in [0.2, 0.25) is 5.91 Å². The molecule has 1 saturated heterocycles. The number of benzene rings is 1. The van der Waals surface area contributed by atoms with Gasteiger partial charge in [-0.2, -0.15) is 13.2 Å². The van der Waals surface area contributed by atoms with Crippen molar-refractivity contribution < 1.29 is 27.8 Å². The number of carbonyl (C=O) groups excluding carboxylic acids is 1. The van der Waals surface area contributed by atoms with Crippen molar-refractivity contribution in [1.82, 2.24) is 4.90 Å². The molecule has 1 fully saturated rings. The first-order valence-corrected chi connectivity index (χ1v) is 7.60. The summed E-state index contributed by atoms with van der Waals surface area (Å²) in [6.45, 7) is 2.26. The number of hydrogen-bond donors (Lipinski definition) is 1. The van der Waals surface area contributed by atoms with Crippen molar-refractivity contribution >= 4 is 11.6 Å². The number of aliphatic hydroxyl groups is 1. The van der Waals surface area contributed by atoms with Crippen LogP contribution in [-0.4, -0.2) is 61.0 Å². The zero-order valence-corrected chi connectivity index (χ0v) is 13.6. The molecule has 0 bridgehead atoms.